The summed E-state index contributed by atoms with van der Waals surface area (Å²) in [5, 5.41) is 11.5. The Kier molecular flexibility index (Phi) is 6.97. The van der Waals surface area contributed by atoms with Gasteiger partial charge in [0.25, 0.3) is 0 Å². The molecule has 1 amide bonds. The number of ketones is 1. The first-order valence-electron chi connectivity index (χ1n) is 8.06. The van der Waals surface area contributed by atoms with Gasteiger partial charge in [-0.25, -0.2) is 9.59 Å². The summed E-state index contributed by atoms with van der Waals surface area (Å²) in [7, 11) is 0. The maximum Gasteiger partial charge on any atom is 0.408 e. The van der Waals surface area contributed by atoms with Crippen molar-refractivity contribution in [2.24, 2.45) is 0 Å². The minimum absolute atomic E-state index is 0.289. The van der Waals surface area contributed by atoms with Crippen LogP contribution in [0, 0.1) is 0 Å². The Labute approximate surface area is 147 Å². The molecule has 1 rings (SSSR count). The second-order valence-electron chi connectivity index (χ2n) is 6.61. The van der Waals surface area contributed by atoms with E-state index in [1.807, 2.05) is 0 Å². The van der Waals surface area contributed by atoms with Crippen LogP contribution in [-0.4, -0.2) is 40.7 Å². The van der Waals surface area contributed by atoms with Crippen LogP contribution < -0.4 is 10.1 Å². The molecule has 0 radical (unpaired) electrons. The van der Waals surface area contributed by atoms with E-state index >= 15 is 0 Å². The number of aliphatic carboxylic acids is 1. The highest BCUT2D eigenvalue weighted by Crippen LogP contribution is 2.16. The van der Waals surface area contributed by atoms with Crippen molar-refractivity contribution in [3.63, 3.8) is 0 Å². The molecular formula is C18H25NO6. The Hall–Kier alpha value is -2.57. The number of carbonyl (C=O) groups excluding carboxylic acids is 2. The molecule has 0 aliphatic carbocycles. The molecule has 1 aromatic carbocycles. The predicted octanol–water partition coefficient (Wildman–Crippen LogP) is 3.02. The van der Waals surface area contributed by atoms with Gasteiger partial charge < -0.3 is 19.9 Å². The largest absolute Gasteiger partial charge is 0.479 e. The summed E-state index contributed by atoms with van der Waals surface area (Å²) in [6, 6.07) is 5.35. The minimum atomic E-state index is -1.04. The number of hydrogen-bond acceptors (Lipinski definition) is 5. The maximum atomic E-state index is 12.3. The summed E-state index contributed by atoms with van der Waals surface area (Å²) in [5.41, 5.74) is -0.273. The zero-order chi connectivity index (χ0) is 19.2. The molecule has 0 bridgehead atoms. The van der Waals surface area contributed by atoms with Crippen molar-refractivity contribution in [2.45, 2.75) is 58.8 Å². The summed E-state index contributed by atoms with van der Waals surface area (Å²) in [5.74, 6) is -0.973. The third-order valence-corrected chi connectivity index (χ3v) is 3.19. The van der Waals surface area contributed by atoms with Gasteiger partial charge in [0.2, 0.25) is 0 Å². The van der Waals surface area contributed by atoms with Gasteiger partial charge in [-0.1, -0.05) is 6.92 Å². The van der Waals surface area contributed by atoms with E-state index in [0.29, 0.717) is 17.7 Å². The monoisotopic (exact) mass is 351 g/mol. The molecular weight excluding hydrogens is 326 g/mol. The fourth-order valence-corrected chi connectivity index (χ4v) is 1.97. The van der Waals surface area contributed by atoms with Crippen LogP contribution in [0.15, 0.2) is 24.3 Å². The molecule has 0 saturated heterocycles. The number of carboxylic acids is 1. The number of alkyl carbamates (subject to hydrolysis) is 1. The van der Waals surface area contributed by atoms with E-state index in [1.54, 1.807) is 34.6 Å². The number of carboxylic acid groups (broad SMARTS) is 1. The van der Waals surface area contributed by atoms with Gasteiger partial charge in [-0.3, -0.25) is 4.79 Å². The highest BCUT2D eigenvalue weighted by molar-refractivity contribution is 6.01. The lowest BCUT2D eigenvalue weighted by molar-refractivity contribution is -0.145. The van der Waals surface area contributed by atoms with Gasteiger partial charge in [-0.15, -0.1) is 0 Å². The van der Waals surface area contributed by atoms with Crippen molar-refractivity contribution in [3.05, 3.63) is 29.8 Å². The summed E-state index contributed by atoms with van der Waals surface area (Å²) in [4.78, 5) is 35.0. The van der Waals surface area contributed by atoms with Gasteiger partial charge in [-0.05, 0) is 58.4 Å². The van der Waals surface area contributed by atoms with Crippen molar-refractivity contribution in [2.75, 3.05) is 0 Å². The SMILES string of the molecule is CC[C@H](Oc1ccc(C(=O)C(C)NC(=O)OC(C)(C)C)cc1)C(=O)O. The highest BCUT2D eigenvalue weighted by atomic mass is 16.6. The standard InChI is InChI=1S/C18H25NO6/c1-6-14(16(21)22)24-13-9-7-12(8-10-13)15(20)11(2)19-17(23)25-18(3,4)5/h7-11,14H,6H2,1-5H3,(H,19,23)(H,21,22)/t11?,14-/m0/s1. The quantitative estimate of drug-likeness (QED) is 0.732. The van der Waals surface area contributed by atoms with E-state index in [0.717, 1.165) is 0 Å². The van der Waals surface area contributed by atoms with E-state index < -0.39 is 29.8 Å². The molecule has 0 aliphatic rings. The Morgan fingerprint density at radius 1 is 1.16 bits per heavy atom. The number of carbonyl (C=O) groups is 3. The van der Waals surface area contributed by atoms with Crippen LogP contribution in [0.1, 0.15) is 51.4 Å². The fraction of sp³-hybridized carbons (Fsp3) is 0.500. The summed E-state index contributed by atoms with van der Waals surface area (Å²) in [6.07, 6.45) is -1.28. The van der Waals surface area contributed by atoms with Crippen LogP contribution in [0.2, 0.25) is 0 Å². The van der Waals surface area contributed by atoms with Gasteiger partial charge in [0.15, 0.2) is 11.9 Å². The lowest BCUT2D eigenvalue weighted by atomic mass is 10.1. The zero-order valence-corrected chi connectivity index (χ0v) is 15.2. The first kappa shape index (κ1) is 20.5. The van der Waals surface area contributed by atoms with Crippen LogP contribution in [0.5, 0.6) is 5.75 Å². The van der Waals surface area contributed by atoms with Crippen LogP contribution in [0.3, 0.4) is 0 Å². The second kappa shape index (κ2) is 8.50. The maximum absolute atomic E-state index is 12.3. The van der Waals surface area contributed by atoms with E-state index in [1.165, 1.54) is 24.3 Å². The van der Waals surface area contributed by atoms with Crippen molar-refractivity contribution in [1.29, 1.82) is 0 Å². The average Bonchev–Trinajstić information content (AvgIpc) is 2.50. The van der Waals surface area contributed by atoms with Gasteiger partial charge in [0.1, 0.15) is 11.4 Å². The molecule has 0 fully saturated rings. The van der Waals surface area contributed by atoms with Crippen LogP contribution in [0.4, 0.5) is 4.79 Å². The van der Waals surface area contributed by atoms with Gasteiger partial charge in [0, 0.05) is 5.56 Å². The van der Waals surface area contributed by atoms with Crippen LogP contribution in [0.25, 0.3) is 0 Å². The molecule has 25 heavy (non-hydrogen) atoms. The van der Waals surface area contributed by atoms with E-state index in [-0.39, 0.29) is 5.78 Å². The fourth-order valence-electron chi connectivity index (χ4n) is 1.97. The molecule has 0 aliphatic heterocycles. The van der Waals surface area contributed by atoms with Gasteiger partial charge >= 0.3 is 12.1 Å². The number of benzene rings is 1. The zero-order valence-electron chi connectivity index (χ0n) is 15.2. The summed E-state index contributed by atoms with van der Waals surface area (Å²) in [6.45, 7) is 8.48. The van der Waals surface area contributed by atoms with E-state index in [9.17, 15) is 14.4 Å². The number of rotatable bonds is 7. The third-order valence-electron chi connectivity index (χ3n) is 3.19. The Bertz CT molecular complexity index is 617. The topological polar surface area (TPSA) is 102 Å². The summed E-state index contributed by atoms with van der Waals surface area (Å²) >= 11 is 0. The molecule has 1 unspecified atom stereocenters. The lowest BCUT2D eigenvalue weighted by Gasteiger charge is -2.21. The predicted molar refractivity (Wildman–Crippen MR) is 91.9 cm³/mol. The molecule has 7 heteroatoms. The molecule has 2 atom stereocenters. The third kappa shape index (κ3) is 6.82. The molecule has 2 N–H and O–H groups in total. The molecule has 0 spiro atoms. The Morgan fingerprint density at radius 2 is 1.72 bits per heavy atom. The number of amides is 1. The average molecular weight is 351 g/mol. The molecule has 0 aromatic heterocycles. The molecule has 1 aromatic rings. The number of ether oxygens (including phenoxy) is 2. The second-order valence-corrected chi connectivity index (χ2v) is 6.61. The van der Waals surface area contributed by atoms with Crippen molar-refractivity contribution in [1.82, 2.24) is 5.32 Å². The molecule has 7 nitrogen and oxygen atoms in total. The first-order chi connectivity index (χ1) is 11.5. The lowest BCUT2D eigenvalue weighted by Crippen LogP contribution is -2.41. The molecule has 138 valence electrons. The van der Waals surface area contributed by atoms with Gasteiger partial charge in [-0.2, -0.15) is 0 Å². The number of hydrogen-bond donors (Lipinski definition) is 2. The Balaban J connectivity index is 2.70. The number of Topliss-reactive ketones (excluding diaryl/α,β-unsaturated/α-hetero) is 1. The minimum Gasteiger partial charge on any atom is -0.479 e. The van der Waals surface area contributed by atoms with Crippen molar-refractivity contribution in [3.8, 4) is 5.75 Å². The van der Waals surface area contributed by atoms with E-state index in [2.05, 4.69) is 5.32 Å². The van der Waals surface area contributed by atoms with Crippen LogP contribution in [-0.2, 0) is 9.53 Å². The van der Waals surface area contributed by atoms with Gasteiger partial charge in [0.05, 0.1) is 6.04 Å². The normalized spacial score (nSPS) is 13.5. The highest BCUT2D eigenvalue weighted by Gasteiger charge is 2.22. The van der Waals surface area contributed by atoms with Crippen molar-refractivity contribution >= 4 is 17.8 Å². The smallest absolute Gasteiger partial charge is 0.408 e. The van der Waals surface area contributed by atoms with Crippen LogP contribution >= 0.6 is 0 Å². The van der Waals surface area contributed by atoms with Crippen molar-refractivity contribution < 1.29 is 29.0 Å². The molecule has 0 heterocycles. The Morgan fingerprint density at radius 3 is 2.16 bits per heavy atom. The first-order valence-corrected chi connectivity index (χ1v) is 8.06. The molecule has 0 saturated carbocycles. The van der Waals surface area contributed by atoms with E-state index in [4.69, 9.17) is 14.6 Å². The number of nitrogens with one attached hydrogen (secondary N) is 1. The summed E-state index contributed by atoms with van der Waals surface area (Å²) < 4.78 is 10.5.